The average Bonchev–Trinajstić information content (AvgIpc) is 2.07. The number of ketones is 1. The van der Waals surface area contributed by atoms with Crippen LogP contribution in [0.4, 0.5) is 4.39 Å². The van der Waals surface area contributed by atoms with Gasteiger partial charge in [-0.15, -0.1) is 0 Å². The Hall–Kier alpha value is -0.960. The van der Waals surface area contributed by atoms with Gasteiger partial charge in [-0.1, -0.05) is 0 Å². The van der Waals surface area contributed by atoms with E-state index in [0.29, 0.717) is 3.57 Å². The van der Waals surface area contributed by atoms with Crippen molar-refractivity contribution in [3.8, 4) is 6.07 Å². The third-order valence-corrected chi connectivity index (χ3v) is 2.47. The Morgan fingerprint density at radius 1 is 1.62 bits per heavy atom. The number of carbonyl (C=O) groups is 1. The van der Waals surface area contributed by atoms with E-state index in [0.717, 1.165) is 0 Å². The maximum Gasteiger partial charge on any atom is 0.164 e. The largest absolute Gasteiger partial charge is 0.294 e. The van der Waals surface area contributed by atoms with E-state index >= 15 is 0 Å². The Labute approximate surface area is 88.5 Å². The lowest BCUT2D eigenvalue weighted by Gasteiger charge is -2.02. The molecule has 0 saturated heterocycles. The van der Waals surface area contributed by atoms with Gasteiger partial charge in [0, 0.05) is 3.57 Å². The molecule has 0 amide bonds. The molecule has 13 heavy (non-hydrogen) atoms. The zero-order valence-corrected chi connectivity index (χ0v) is 8.92. The van der Waals surface area contributed by atoms with Crippen LogP contribution < -0.4 is 0 Å². The highest BCUT2D eigenvalue weighted by atomic mass is 127. The predicted molar refractivity (Wildman–Crippen MR) is 53.8 cm³/mol. The smallest absolute Gasteiger partial charge is 0.164 e. The molecule has 66 valence electrons. The molecule has 0 bridgehead atoms. The van der Waals surface area contributed by atoms with Gasteiger partial charge in [0.05, 0.1) is 11.1 Å². The summed E-state index contributed by atoms with van der Waals surface area (Å²) in [6, 6.07) is 4.48. The lowest BCUT2D eigenvalue weighted by Crippen LogP contribution is -2.02. The number of halogens is 2. The van der Waals surface area contributed by atoms with Crippen molar-refractivity contribution in [3.05, 3.63) is 32.6 Å². The SMILES string of the molecule is CC(=O)c1c(F)ccc(I)c1C#N. The Kier molecular flexibility index (Phi) is 2.98. The number of Topliss-reactive ketones (excluding diaryl/α,β-unsaturated/α-hetero) is 1. The van der Waals surface area contributed by atoms with Crippen molar-refractivity contribution in [1.82, 2.24) is 0 Å². The van der Waals surface area contributed by atoms with Crippen molar-refractivity contribution in [3.63, 3.8) is 0 Å². The molecule has 0 aliphatic carbocycles. The molecule has 0 aliphatic heterocycles. The molecule has 0 N–H and O–H groups in total. The van der Waals surface area contributed by atoms with Crippen molar-refractivity contribution in [2.45, 2.75) is 6.92 Å². The predicted octanol–water partition coefficient (Wildman–Crippen LogP) is 2.50. The third-order valence-electron chi connectivity index (χ3n) is 1.57. The summed E-state index contributed by atoms with van der Waals surface area (Å²) in [5, 5.41) is 8.70. The summed E-state index contributed by atoms with van der Waals surface area (Å²) in [4.78, 5) is 11.0. The van der Waals surface area contributed by atoms with Gasteiger partial charge >= 0.3 is 0 Å². The van der Waals surface area contributed by atoms with E-state index in [4.69, 9.17) is 5.26 Å². The van der Waals surface area contributed by atoms with Crippen LogP contribution in [-0.2, 0) is 0 Å². The number of nitriles is 1. The lowest BCUT2D eigenvalue weighted by atomic mass is 10.1. The van der Waals surface area contributed by atoms with Gasteiger partial charge in [-0.3, -0.25) is 4.79 Å². The Morgan fingerprint density at radius 3 is 2.62 bits per heavy atom. The highest BCUT2D eigenvalue weighted by Crippen LogP contribution is 2.19. The van der Waals surface area contributed by atoms with Crippen LogP contribution in [-0.4, -0.2) is 5.78 Å². The van der Waals surface area contributed by atoms with E-state index < -0.39 is 11.6 Å². The molecule has 1 aromatic rings. The first-order valence-electron chi connectivity index (χ1n) is 3.47. The maximum atomic E-state index is 13.1. The highest BCUT2D eigenvalue weighted by Gasteiger charge is 2.15. The quantitative estimate of drug-likeness (QED) is 0.588. The van der Waals surface area contributed by atoms with Crippen molar-refractivity contribution in [2.24, 2.45) is 0 Å². The first kappa shape index (κ1) is 10.1. The van der Waals surface area contributed by atoms with Gasteiger partial charge in [-0.05, 0) is 41.6 Å². The summed E-state index contributed by atoms with van der Waals surface area (Å²) in [6.07, 6.45) is 0. The molecule has 0 aliphatic rings. The van der Waals surface area contributed by atoms with E-state index in [9.17, 15) is 9.18 Å². The second-order valence-corrected chi connectivity index (χ2v) is 3.61. The molecule has 1 rings (SSSR count). The zero-order valence-electron chi connectivity index (χ0n) is 6.77. The second kappa shape index (κ2) is 3.83. The Balaban J connectivity index is 3.55. The molecular formula is C9H5FINO. The molecule has 0 saturated carbocycles. The van der Waals surface area contributed by atoms with Gasteiger partial charge in [0.2, 0.25) is 0 Å². The monoisotopic (exact) mass is 289 g/mol. The van der Waals surface area contributed by atoms with Crippen LogP contribution in [0, 0.1) is 20.7 Å². The summed E-state index contributed by atoms with van der Waals surface area (Å²) in [6.45, 7) is 1.25. The van der Waals surface area contributed by atoms with Crippen LogP contribution in [0.1, 0.15) is 22.8 Å². The molecule has 2 nitrogen and oxygen atoms in total. The van der Waals surface area contributed by atoms with Crippen LogP contribution in [0.25, 0.3) is 0 Å². The average molecular weight is 289 g/mol. The Morgan fingerprint density at radius 2 is 2.23 bits per heavy atom. The van der Waals surface area contributed by atoms with Crippen molar-refractivity contribution in [2.75, 3.05) is 0 Å². The molecule has 0 fully saturated rings. The molecule has 0 aromatic heterocycles. The minimum atomic E-state index is -0.635. The van der Waals surface area contributed by atoms with Crippen molar-refractivity contribution < 1.29 is 9.18 Å². The standard InChI is InChI=1S/C9H5FINO/c1-5(13)9-6(4-12)8(11)3-2-7(9)10/h2-3H,1H3. The highest BCUT2D eigenvalue weighted by molar-refractivity contribution is 14.1. The Bertz CT molecular complexity index is 409. The van der Waals surface area contributed by atoms with Crippen molar-refractivity contribution in [1.29, 1.82) is 5.26 Å². The van der Waals surface area contributed by atoms with Crippen LogP contribution >= 0.6 is 22.6 Å². The first-order valence-corrected chi connectivity index (χ1v) is 4.55. The summed E-state index contributed by atoms with van der Waals surface area (Å²) in [5.41, 5.74) is 0.00231. The van der Waals surface area contributed by atoms with E-state index in [1.165, 1.54) is 19.1 Å². The summed E-state index contributed by atoms with van der Waals surface area (Å²) in [7, 11) is 0. The number of carbonyl (C=O) groups excluding carboxylic acids is 1. The summed E-state index contributed by atoms with van der Waals surface area (Å²) in [5.74, 6) is -1.06. The van der Waals surface area contributed by atoms with Gasteiger partial charge in [-0.2, -0.15) is 5.26 Å². The fourth-order valence-electron chi connectivity index (χ4n) is 1.01. The molecule has 4 heteroatoms. The number of hydrogen-bond donors (Lipinski definition) is 0. The van der Waals surface area contributed by atoms with Gasteiger partial charge in [0.25, 0.3) is 0 Å². The molecule has 0 atom stereocenters. The van der Waals surface area contributed by atoms with Gasteiger partial charge in [0.1, 0.15) is 11.9 Å². The minimum Gasteiger partial charge on any atom is -0.294 e. The number of benzene rings is 1. The molecule has 0 radical (unpaired) electrons. The minimum absolute atomic E-state index is 0.116. The molecule has 0 unspecified atom stereocenters. The molecule has 1 aromatic carbocycles. The van der Waals surface area contributed by atoms with Gasteiger partial charge < -0.3 is 0 Å². The van der Waals surface area contributed by atoms with E-state index in [1.807, 2.05) is 28.7 Å². The summed E-state index contributed by atoms with van der Waals surface area (Å²) >= 11 is 1.89. The van der Waals surface area contributed by atoms with Crippen LogP contribution in [0.2, 0.25) is 0 Å². The van der Waals surface area contributed by atoms with E-state index in [1.54, 1.807) is 0 Å². The number of rotatable bonds is 1. The second-order valence-electron chi connectivity index (χ2n) is 2.45. The molecule has 0 heterocycles. The summed E-state index contributed by atoms with van der Waals surface area (Å²) < 4.78 is 13.7. The van der Waals surface area contributed by atoms with E-state index in [-0.39, 0.29) is 11.1 Å². The molecule has 0 spiro atoms. The van der Waals surface area contributed by atoms with Crippen LogP contribution in [0.3, 0.4) is 0 Å². The van der Waals surface area contributed by atoms with Crippen LogP contribution in [0.5, 0.6) is 0 Å². The normalized spacial score (nSPS) is 9.38. The number of hydrogen-bond acceptors (Lipinski definition) is 2. The fraction of sp³-hybridized carbons (Fsp3) is 0.111. The fourth-order valence-corrected chi connectivity index (χ4v) is 1.58. The lowest BCUT2D eigenvalue weighted by molar-refractivity contribution is 0.101. The van der Waals surface area contributed by atoms with Gasteiger partial charge in [0.15, 0.2) is 5.78 Å². The first-order chi connectivity index (χ1) is 6.07. The number of nitrogens with zero attached hydrogens (tertiary/aromatic N) is 1. The molecular weight excluding hydrogens is 284 g/mol. The zero-order chi connectivity index (χ0) is 10.0. The van der Waals surface area contributed by atoms with Crippen LogP contribution in [0.15, 0.2) is 12.1 Å². The maximum absolute atomic E-state index is 13.1. The van der Waals surface area contributed by atoms with Gasteiger partial charge in [-0.25, -0.2) is 4.39 Å². The van der Waals surface area contributed by atoms with E-state index in [2.05, 4.69) is 0 Å². The van der Waals surface area contributed by atoms with Crippen molar-refractivity contribution >= 4 is 28.4 Å². The topological polar surface area (TPSA) is 40.9 Å². The third kappa shape index (κ3) is 1.86.